The third kappa shape index (κ3) is 4.17. The Kier molecular flexibility index (Phi) is 5.03. The van der Waals surface area contributed by atoms with Gasteiger partial charge in [0.25, 0.3) is 0 Å². The number of nitrogens with zero attached hydrogens (tertiary/aromatic N) is 2. The number of anilines is 1. The van der Waals surface area contributed by atoms with Crippen LogP contribution in [0.3, 0.4) is 0 Å². The van der Waals surface area contributed by atoms with Gasteiger partial charge in [-0.3, -0.25) is 14.7 Å². The first-order chi connectivity index (χ1) is 11.2. The lowest BCUT2D eigenvalue weighted by molar-refractivity contribution is -0.114. The maximum atomic E-state index is 11.1. The second-order valence-corrected chi connectivity index (χ2v) is 6.15. The van der Waals surface area contributed by atoms with Crippen LogP contribution in [-0.2, 0) is 11.3 Å². The highest BCUT2D eigenvalue weighted by Gasteiger charge is 2.23. The van der Waals surface area contributed by atoms with Crippen LogP contribution in [0.25, 0.3) is 0 Å². The van der Waals surface area contributed by atoms with Gasteiger partial charge < -0.3 is 5.32 Å². The fraction of sp³-hybridized carbons (Fsp3) is 0.368. The molecule has 0 radical (unpaired) electrons. The largest absolute Gasteiger partial charge is 0.326 e. The van der Waals surface area contributed by atoms with E-state index in [1.54, 1.807) is 0 Å². The van der Waals surface area contributed by atoms with Gasteiger partial charge in [0, 0.05) is 37.6 Å². The smallest absolute Gasteiger partial charge is 0.221 e. The van der Waals surface area contributed by atoms with Gasteiger partial charge in [-0.25, -0.2) is 0 Å². The molecule has 4 nitrogen and oxygen atoms in total. The van der Waals surface area contributed by atoms with Crippen molar-refractivity contribution in [1.82, 2.24) is 9.88 Å². The van der Waals surface area contributed by atoms with E-state index in [4.69, 9.17) is 0 Å². The Morgan fingerprint density at radius 2 is 2.09 bits per heavy atom. The first-order valence-corrected chi connectivity index (χ1v) is 8.23. The highest BCUT2D eigenvalue weighted by molar-refractivity contribution is 5.88. The molecule has 1 aliphatic heterocycles. The van der Waals surface area contributed by atoms with E-state index in [1.807, 2.05) is 30.6 Å². The number of likely N-dealkylation sites (tertiary alicyclic amines) is 1. The Hall–Kier alpha value is -2.20. The van der Waals surface area contributed by atoms with Crippen molar-refractivity contribution >= 4 is 11.6 Å². The van der Waals surface area contributed by atoms with E-state index in [2.05, 4.69) is 33.4 Å². The molecule has 1 saturated heterocycles. The van der Waals surface area contributed by atoms with Crippen LogP contribution in [0.4, 0.5) is 5.69 Å². The number of aromatic nitrogens is 1. The lowest BCUT2D eigenvalue weighted by Crippen LogP contribution is -2.32. The molecule has 1 N–H and O–H groups in total. The van der Waals surface area contributed by atoms with Crippen LogP contribution >= 0.6 is 0 Å². The van der Waals surface area contributed by atoms with Crippen LogP contribution in [0.15, 0.2) is 48.8 Å². The van der Waals surface area contributed by atoms with Crippen molar-refractivity contribution in [3.05, 3.63) is 59.9 Å². The monoisotopic (exact) mass is 309 g/mol. The molecule has 1 aromatic carbocycles. The molecule has 0 saturated carbocycles. The molecule has 2 heterocycles. The van der Waals surface area contributed by atoms with E-state index in [1.165, 1.54) is 37.3 Å². The maximum Gasteiger partial charge on any atom is 0.221 e. The quantitative estimate of drug-likeness (QED) is 0.935. The van der Waals surface area contributed by atoms with Gasteiger partial charge in [0.1, 0.15) is 0 Å². The van der Waals surface area contributed by atoms with Crippen molar-refractivity contribution in [2.24, 2.45) is 0 Å². The van der Waals surface area contributed by atoms with Crippen LogP contribution < -0.4 is 5.32 Å². The molecular formula is C19H23N3O. The zero-order valence-electron chi connectivity index (χ0n) is 13.5. The zero-order chi connectivity index (χ0) is 16.1. The van der Waals surface area contributed by atoms with Gasteiger partial charge in [-0.15, -0.1) is 0 Å². The lowest BCUT2D eigenvalue weighted by atomic mass is 9.96. The normalized spacial score (nSPS) is 18.6. The topological polar surface area (TPSA) is 45.2 Å². The Bertz CT molecular complexity index is 639. The van der Waals surface area contributed by atoms with Gasteiger partial charge >= 0.3 is 0 Å². The minimum Gasteiger partial charge on any atom is -0.326 e. The standard InChI is InChI=1S/C19H23N3O/c1-15(23)21-18-9-7-16(8-10-18)14-22-12-3-2-6-19(22)17-5-4-11-20-13-17/h4-5,7-11,13,19H,2-3,6,12,14H2,1H3,(H,21,23). The number of piperidine rings is 1. The van der Waals surface area contributed by atoms with Gasteiger partial charge in [-0.1, -0.05) is 24.6 Å². The van der Waals surface area contributed by atoms with Crippen molar-refractivity contribution in [3.8, 4) is 0 Å². The molecular weight excluding hydrogens is 286 g/mol. The van der Waals surface area contributed by atoms with Crippen molar-refractivity contribution < 1.29 is 4.79 Å². The second kappa shape index (κ2) is 7.38. The predicted molar refractivity (Wildman–Crippen MR) is 92.0 cm³/mol. The van der Waals surface area contributed by atoms with Crippen LogP contribution in [0.5, 0.6) is 0 Å². The number of nitrogens with one attached hydrogen (secondary N) is 1. The second-order valence-electron chi connectivity index (χ2n) is 6.15. The number of pyridine rings is 1. The van der Waals surface area contributed by atoms with E-state index in [9.17, 15) is 4.79 Å². The van der Waals surface area contributed by atoms with Crippen molar-refractivity contribution in [1.29, 1.82) is 0 Å². The average molecular weight is 309 g/mol. The molecule has 1 amide bonds. The summed E-state index contributed by atoms with van der Waals surface area (Å²) in [4.78, 5) is 17.9. The Morgan fingerprint density at radius 1 is 1.26 bits per heavy atom. The third-order valence-corrected chi connectivity index (χ3v) is 4.34. The predicted octanol–water partition coefficient (Wildman–Crippen LogP) is 3.77. The summed E-state index contributed by atoms with van der Waals surface area (Å²) in [5.41, 5.74) is 3.43. The number of carbonyl (C=O) groups is 1. The number of hydrogen-bond donors (Lipinski definition) is 1. The summed E-state index contributed by atoms with van der Waals surface area (Å²) < 4.78 is 0. The molecule has 1 aliphatic rings. The van der Waals surface area contributed by atoms with E-state index < -0.39 is 0 Å². The molecule has 1 aromatic heterocycles. The van der Waals surface area contributed by atoms with Crippen LogP contribution in [0.1, 0.15) is 43.4 Å². The summed E-state index contributed by atoms with van der Waals surface area (Å²) in [6.45, 7) is 3.58. The van der Waals surface area contributed by atoms with Gasteiger partial charge in [0.2, 0.25) is 5.91 Å². The molecule has 4 heteroatoms. The lowest BCUT2D eigenvalue weighted by Gasteiger charge is -2.36. The van der Waals surface area contributed by atoms with Gasteiger partial charge in [0.15, 0.2) is 0 Å². The van der Waals surface area contributed by atoms with E-state index in [-0.39, 0.29) is 5.91 Å². The van der Waals surface area contributed by atoms with Crippen molar-refractivity contribution in [2.45, 2.75) is 38.8 Å². The summed E-state index contributed by atoms with van der Waals surface area (Å²) in [6.07, 6.45) is 7.54. The van der Waals surface area contributed by atoms with Crippen molar-refractivity contribution in [3.63, 3.8) is 0 Å². The number of hydrogen-bond acceptors (Lipinski definition) is 3. The Balaban J connectivity index is 1.71. The van der Waals surface area contributed by atoms with Gasteiger partial charge in [0.05, 0.1) is 0 Å². The molecule has 0 bridgehead atoms. The fourth-order valence-electron chi connectivity index (χ4n) is 3.26. The minimum absolute atomic E-state index is 0.0366. The number of rotatable bonds is 4. The van der Waals surface area contributed by atoms with E-state index in [0.29, 0.717) is 6.04 Å². The molecule has 1 fully saturated rings. The third-order valence-electron chi connectivity index (χ3n) is 4.34. The molecule has 1 unspecified atom stereocenters. The maximum absolute atomic E-state index is 11.1. The van der Waals surface area contributed by atoms with Gasteiger partial charge in [-0.05, 0) is 48.7 Å². The SMILES string of the molecule is CC(=O)Nc1ccc(CN2CCCCC2c2cccnc2)cc1. The van der Waals surface area contributed by atoms with Crippen LogP contribution in [-0.4, -0.2) is 22.3 Å². The molecule has 0 spiro atoms. The molecule has 0 aliphatic carbocycles. The minimum atomic E-state index is -0.0366. The zero-order valence-corrected chi connectivity index (χ0v) is 13.5. The van der Waals surface area contributed by atoms with E-state index >= 15 is 0 Å². The Morgan fingerprint density at radius 3 is 2.78 bits per heavy atom. The van der Waals surface area contributed by atoms with Crippen molar-refractivity contribution in [2.75, 3.05) is 11.9 Å². The Labute approximate surface area is 137 Å². The molecule has 23 heavy (non-hydrogen) atoms. The summed E-state index contributed by atoms with van der Waals surface area (Å²) in [6, 6.07) is 12.8. The molecule has 3 rings (SSSR count). The van der Waals surface area contributed by atoms with Crippen LogP contribution in [0.2, 0.25) is 0 Å². The average Bonchev–Trinajstić information content (AvgIpc) is 2.57. The van der Waals surface area contributed by atoms with Crippen LogP contribution in [0, 0.1) is 0 Å². The first kappa shape index (κ1) is 15.7. The fourth-order valence-corrected chi connectivity index (χ4v) is 3.26. The summed E-state index contributed by atoms with van der Waals surface area (Å²) >= 11 is 0. The molecule has 1 atom stereocenters. The summed E-state index contributed by atoms with van der Waals surface area (Å²) in [7, 11) is 0. The summed E-state index contributed by atoms with van der Waals surface area (Å²) in [5.74, 6) is -0.0366. The van der Waals surface area contributed by atoms with E-state index in [0.717, 1.165) is 18.8 Å². The highest BCUT2D eigenvalue weighted by atomic mass is 16.1. The van der Waals surface area contributed by atoms with Gasteiger partial charge in [-0.2, -0.15) is 0 Å². The number of amides is 1. The molecule has 2 aromatic rings. The summed E-state index contributed by atoms with van der Waals surface area (Å²) in [5, 5.41) is 2.81. The molecule has 120 valence electrons. The first-order valence-electron chi connectivity index (χ1n) is 8.23. The number of benzene rings is 1. The number of carbonyl (C=O) groups excluding carboxylic acids is 1. The highest BCUT2D eigenvalue weighted by Crippen LogP contribution is 2.31.